The van der Waals surface area contributed by atoms with Crippen molar-refractivity contribution in [3.63, 3.8) is 0 Å². The van der Waals surface area contributed by atoms with Gasteiger partial charge in [-0.2, -0.15) is 0 Å². The van der Waals surface area contributed by atoms with E-state index in [1.807, 2.05) is 0 Å². The Hall–Kier alpha value is -2.08. The van der Waals surface area contributed by atoms with Gasteiger partial charge in [0.15, 0.2) is 5.88 Å². The first-order valence-corrected chi connectivity index (χ1v) is 6.42. The quantitative estimate of drug-likeness (QED) is 0.640. The summed E-state index contributed by atoms with van der Waals surface area (Å²) in [6, 6.07) is 7.18. The molecule has 0 bridgehead atoms. The van der Waals surface area contributed by atoms with Crippen LogP contribution in [-0.4, -0.2) is 11.3 Å². The van der Waals surface area contributed by atoms with E-state index in [1.54, 1.807) is 18.3 Å². The lowest BCUT2D eigenvalue weighted by Crippen LogP contribution is -2.16. The van der Waals surface area contributed by atoms with Gasteiger partial charge in [0.05, 0.1) is 6.26 Å². The fraction of sp³-hybridized carbons (Fsp3) is 0.143. The number of halogens is 4. The second-order valence-corrected chi connectivity index (χ2v) is 4.31. The third kappa shape index (κ3) is 5.07. The zero-order valence-electron chi connectivity index (χ0n) is 10.7. The standard InChI is InChI=1S/C14H11ClF3NO2/c15-8-11-7-13(19-9-11)20-6-5-10-1-3-12(4-2-10)21-14(16,17)18/h1-7,9,19H,8H2. The van der Waals surface area contributed by atoms with Crippen LogP contribution in [0.5, 0.6) is 11.6 Å². The van der Waals surface area contributed by atoms with Crippen molar-refractivity contribution < 1.29 is 22.6 Å². The van der Waals surface area contributed by atoms with Crippen LogP contribution in [0.4, 0.5) is 13.2 Å². The highest BCUT2D eigenvalue weighted by molar-refractivity contribution is 6.17. The van der Waals surface area contributed by atoms with Gasteiger partial charge in [-0.1, -0.05) is 12.1 Å². The smallest absolute Gasteiger partial charge is 0.449 e. The van der Waals surface area contributed by atoms with Crippen LogP contribution in [0.1, 0.15) is 11.1 Å². The second kappa shape index (κ2) is 6.58. The number of ether oxygens (including phenoxy) is 2. The topological polar surface area (TPSA) is 34.2 Å². The molecule has 21 heavy (non-hydrogen) atoms. The minimum atomic E-state index is -4.69. The van der Waals surface area contributed by atoms with Crippen molar-refractivity contribution in [1.82, 2.24) is 4.98 Å². The minimum Gasteiger partial charge on any atom is -0.449 e. The Morgan fingerprint density at radius 1 is 1.19 bits per heavy atom. The molecule has 112 valence electrons. The molecule has 0 amide bonds. The van der Waals surface area contributed by atoms with Crippen molar-refractivity contribution in [2.45, 2.75) is 12.2 Å². The normalized spacial score (nSPS) is 11.8. The maximum Gasteiger partial charge on any atom is 0.573 e. The molecule has 0 aliphatic rings. The molecule has 1 aromatic heterocycles. The molecule has 0 radical (unpaired) electrons. The number of benzene rings is 1. The van der Waals surface area contributed by atoms with Gasteiger partial charge in [0.25, 0.3) is 0 Å². The van der Waals surface area contributed by atoms with E-state index in [1.165, 1.54) is 30.5 Å². The zero-order chi connectivity index (χ0) is 15.3. The number of hydrogen-bond acceptors (Lipinski definition) is 2. The summed E-state index contributed by atoms with van der Waals surface area (Å²) in [6.45, 7) is 0. The summed E-state index contributed by atoms with van der Waals surface area (Å²) in [4.78, 5) is 2.87. The van der Waals surface area contributed by atoms with Gasteiger partial charge < -0.3 is 14.5 Å². The first-order valence-electron chi connectivity index (χ1n) is 5.88. The van der Waals surface area contributed by atoms with E-state index < -0.39 is 6.36 Å². The molecular formula is C14H11ClF3NO2. The molecule has 1 N–H and O–H groups in total. The zero-order valence-corrected chi connectivity index (χ0v) is 11.4. The molecule has 0 fully saturated rings. The largest absolute Gasteiger partial charge is 0.573 e. The molecule has 0 saturated heterocycles. The van der Waals surface area contributed by atoms with Crippen LogP contribution >= 0.6 is 11.6 Å². The predicted molar refractivity (Wildman–Crippen MR) is 73.1 cm³/mol. The number of hydrogen-bond donors (Lipinski definition) is 1. The van der Waals surface area contributed by atoms with Gasteiger partial charge in [-0.25, -0.2) is 0 Å². The van der Waals surface area contributed by atoms with Crippen molar-refractivity contribution in [2.75, 3.05) is 0 Å². The molecule has 2 rings (SSSR count). The van der Waals surface area contributed by atoms with Crippen LogP contribution < -0.4 is 9.47 Å². The Morgan fingerprint density at radius 2 is 1.90 bits per heavy atom. The maximum absolute atomic E-state index is 12.0. The number of H-pyrrole nitrogens is 1. The fourth-order valence-electron chi connectivity index (χ4n) is 1.53. The van der Waals surface area contributed by atoms with E-state index in [9.17, 15) is 13.2 Å². The highest BCUT2D eigenvalue weighted by Gasteiger charge is 2.30. The molecule has 3 nitrogen and oxygen atoms in total. The molecule has 1 heterocycles. The molecule has 2 aromatic rings. The monoisotopic (exact) mass is 317 g/mol. The summed E-state index contributed by atoms with van der Waals surface area (Å²) in [7, 11) is 0. The number of aromatic amines is 1. The average molecular weight is 318 g/mol. The second-order valence-electron chi connectivity index (χ2n) is 4.04. The summed E-state index contributed by atoms with van der Waals surface area (Å²) in [5, 5.41) is 0. The van der Waals surface area contributed by atoms with Crippen LogP contribution in [0.3, 0.4) is 0 Å². The van der Waals surface area contributed by atoms with E-state index in [4.69, 9.17) is 16.3 Å². The number of nitrogens with one attached hydrogen (secondary N) is 1. The van der Waals surface area contributed by atoms with Crippen LogP contribution in [0.15, 0.2) is 42.8 Å². The van der Waals surface area contributed by atoms with Crippen LogP contribution in [0.25, 0.3) is 6.08 Å². The van der Waals surface area contributed by atoms with Crippen LogP contribution in [0.2, 0.25) is 0 Å². The van der Waals surface area contributed by atoms with Crippen molar-refractivity contribution in [3.8, 4) is 11.6 Å². The summed E-state index contributed by atoms with van der Waals surface area (Å²) in [5.41, 5.74) is 1.57. The Balaban J connectivity index is 1.92. The average Bonchev–Trinajstić information content (AvgIpc) is 2.87. The lowest BCUT2D eigenvalue weighted by atomic mass is 10.2. The van der Waals surface area contributed by atoms with E-state index in [0.717, 1.165) is 5.56 Å². The van der Waals surface area contributed by atoms with Gasteiger partial charge in [-0.3, -0.25) is 0 Å². The predicted octanol–water partition coefficient (Wildman–Crippen LogP) is 4.70. The number of alkyl halides is 4. The summed E-state index contributed by atoms with van der Waals surface area (Å²) < 4.78 is 45.1. The maximum atomic E-state index is 12.0. The lowest BCUT2D eigenvalue weighted by Gasteiger charge is -2.08. The van der Waals surface area contributed by atoms with Crippen molar-refractivity contribution in [3.05, 3.63) is 53.9 Å². The third-order valence-electron chi connectivity index (χ3n) is 2.44. The van der Waals surface area contributed by atoms with Gasteiger partial charge in [-0.15, -0.1) is 24.8 Å². The summed E-state index contributed by atoms with van der Waals surface area (Å²) >= 11 is 5.65. The highest BCUT2D eigenvalue weighted by atomic mass is 35.5. The molecule has 0 aliphatic heterocycles. The number of rotatable bonds is 5. The Labute approximate surface area is 123 Å². The van der Waals surface area contributed by atoms with E-state index in [0.29, 0.717) is 17.3 Å². The van der Waals surface area contributed by atoms with Crippen LogP contribution in [0, 0.1) is 0 Å². The van der Waals surface area contributed by atoms with Crippen molar-refractivity contribution in [2.24, 2.45) is 0 Å². The third-order valence-corrected chi connectivity index (χ3v) is 2.75. The first-order chi connectivity index (χ1) is 9.96. The Morgan fingerprint density at radius 3 is 2.48 bits per heavy atom. The van der Waals surface area contributed by atoms with E-state index in [2.05, 4.69) is 9.72 Å². The van der Waals surface area contributed by atoms with Gasteiger partial charge in [0.2, 0.25) is 0 Å². The fourth-order valence-corrected chi connectivity index (χ4v) is 1.68. The van der Waals surface area contributed by atoms with Crippen LogP contribution in [-0.2, 0) is 5.88 Å². The van der Waals surface area contributed by atoms with Crippen molar-refractivity contribution in [1.29, 1.82) is 0 Å². The summed E-state index contributed by atoms with van der Waals surface area (Å²) in [5.74, 6) is 0.639. The van der Waals surface area contributed by atoms with E-state index >= 15 is 0 Å². The molecular weight excluding hydrogens is 307 g/mol. The van der Waals surface area contributed by atoms with E-state index in [-0.39, 0.29) is 5.75 Å². The van der Waals surface area contributed by atoms with Gasteiger partial charge in [0, 0.05) is 18.1 Å². The van der Waals surface area contributed by atoms with Gasteiger partial charge >= 0.3 is 6.36 Å². The molecule has 0 aliphatic carbocycles. The Bertz CT molecular complexity index is 605. The minimum absolute atomic E-state index is 0.267. The SMILES string of the molecule is FC(F)(F)Oc1ccc(C=COc2cc(CCl)c[nH]2)cc1. The Kier molecular flexibility index (Phi) is 4.80. The summed E-state index contributed by atoms with van der Waals surface area (Å²) in [6.07, 6.45) is 0.0652. The molecule has 1 aromatic carbocycles. The number of aromatic nitrogens is 1. The highest BCUT2D eigenvalue weighted by Crippen LogP contribution is 2.23. The van der Waals surface area contributed by atoms with Crippen molar-refractivity contribution >= 4 is 17.7 Å². The molecule has 7 heteroatoms. The lowest BCUT2D eigenvalue weighted by molar-refractivity contribution is -0.274. The molecule has 0 saturated carbocycles. The van der Waals surface area contributed by atoms with Gasteiger partial charge in [0.1, 0.15) is 5.75 Å². The molecule has 0 atom stereocenters. The van der Waals surface area contributed by atoms with Gasteiger partial charge in [-0.05, 0) is 29.3 Å². The molecule has 0 unspecified atom stereocenters. The first kappa shape index (κ1) is 15.3. The molecule has 0 spiro atoms.